The Morgan fingerprint density at radius 1 is 0.900 bits per heavy atom. The monoisotopic (exact) mass is 280 g/mol. The van der Waals surface area contributed by atoms with Gasteiger partial charge in [-0.25, -0.2) is 0 Å². The highest BCUT2D eigenvalue weighted by Gasteiger charge is 2.55. The van der Waals surface area contributed by atoms with E-state index in [0.29, 0.717) is 17.6 Å². The van der Waals surface area contributed by atoms with Crippen LogP contribution in [0.4, 0.5) is 0 Å². The second kappa shape index (κ2) is 5.61. The number of rotatable bonds is 2. The van der Waals surface area contributed by atoms with Crippen LogP contribution in [0.2, 0.25) is 0 Å². The molecule has 2 nitrogen and oxygen atoms in total. The molecule has 3 aliphatic rings. The highest BCUT2D eigenvalue weighted by atomic mass is 16.5. The number of hydrogen-bond donors (Lipinski definition) is 1. The Morgan fingerprint density at radius 2 is 1.50 bits per heavy atom. The minimum atomic E-state index is -0.0920. The van der Waals surface area contributed by atoms with Crippen molar-refractivity contribution in [2.45, 2.75) is 103 Å². The summed E-state index contributed by atoms with van der Waals surface area (Å²) in [6.07, 6.45) is 14.3. The van der Waals surface area contributed by atoms with E-state index in [1.54, 1.807) is 0 Å². The van der Waals surface area contributed by atoms with Crippen LogP contribution >= 0.6 is 0 Å². The fourth-order valence-corrected chi connectivity index (χ4v) is 4.70. The summed E-state index contributed by atoms with van der Waals surface area (Å²) in [6, 6.07) is 0. The topological polar surface area (TPSA) is 29.5 Å². The molecule has 116 valence electrons. The molecule has 0 radical (unpaired) electrons. The minimum absolute atomic E-state index is 0.0920. The first-order valence-corrected chi connectivity index (χ1v) is 8.85. The Labute approximate surface area is 124 Å². The molecule has 0 aromatic rings. The fraction of sp³-hybridized carbons (Fsp3) is 1.00. The molecule has 3 fully saturated rings. The first-order valence-electron chi connectivity index (χ1n) is 8.85. The summed E-state index contributed by atoms with van der Waals surface area (Å²) in [4.78, 5) is 0. The van der Waals surface area contributed by atoms with Gasteiger partial charge in [-0.2, -0.15) is 0 Å². The Kier molecular flexibility index (Phi) is 4.16. The van der Waals surface area contributed by atoms with Gasteiger partial charge in [-0.15, -0.1) is 0 Å². The molecule has 2 unspecified atom stereocenters. The van der Waals surface area contributed by atoms with E-state index in [2.05, 4.69) is 13.8 Å². The summed E-state index contributed by atoms with van der Waals surface area (Å²) in [5.74, 6) is 0. The third-order valence-electron chi connectivity index (χ3n) is 6.42. The van der Waals surface area contributed by atoms with Gasteiger partial charge >= 0.3 is 0 Å². The highest BCUT2D eigenvalue weighted by molar-refractivity contribution is 5.05. The van der Waals surface area contributed by atoms with Gasteiger partial charge < -0.3 is 9.84 Å². The van der Waals surface area contributed by atoms with Crippen molar-refractivity contribution in [1.29, 1.82) is 0 Å². The zero-order valence-electron chi connectivity index (χ0n) is 13.4. The van der Waals surface area contributed by atoms with E-state index in [0.717, 1.165) is 6.42 Å². The SMILES string of the molecule is CC1(C)CCC(OC2CC(O)C23CCCCCC3)CC1. The molecule has 0 bridgehead atoms. The lowest BCUT2D eigenvalue weighted by Gasteiger charge is -2.54. The van der Waals surface area contributed by atoms with Crippen LogP contribution in [0.5, 0.6) is 0 Å². The standard InChI is InChI=1S/C18H32O2/c1-17(2)11-7-14(8-12-17)20-16-13-15(19)18(16)9-5-3-4-6-10-18/h14-16,19H,3-13H2,1-2H3. The van der Waals surface area contributed by atoms with Gasteiger partial charge in [0.05, 0.1) is 18.3 Å². The smallest absolute Gasteiger partial charge is 0.0684 e. The zero-order valence-corrected chi connectivity index (χ0v) is 13.4. The van der Waals surface area contributed by atoms with Crippen molar-refractivity contribution in [2.75, 3.05) is 0 Å². The van der Waals surface area contributed by atoms with Crippen molar-refractivity contribution in [2.24, 2.45) is 10.8 Å². The Hall–Kier alpha value is -0.0800. The Balaban J connectivity index is 1.57. The first kappa shape index (κ1) is 14.8. The minimum Gasteiger partial charge on any atom is -0.392 e. The van der Waals surface area contributed by atoms with E-state index in [-0.39, 0.29) is 11.5 Å². The maximum absolute atomic E-state index is 10.4. The number of aliphatic hydroxyl groups is 1. The van der Waals surface area contributed by atoms with Gasteiger partial charge in [0.25, 0.3) is 0 Å². The maximum Gasteiger partial charge on any atom is 0.0684 e. The maximum atomic E-state index is 10.4. The second-order valence-corrected chi connectivity index (χ2v) is 8.39. The summed E-state index contributed by atoms with van der Waals surface area (Å²) in [5, 5.41) is 10.4. The molecular weight excluding hydrogens is 248 g/mol. The molecule has 3 saturated carbocycles. The van der Waals surface area contributed by atoms with Crippen LogP contribution in [0.25, 0.3) is 0 Å². The van der Waals surface area contributed by atoms with Gasteiger partial charge in [0.1, 0.15) is 0 Å². The normalized spacial score (nSPS) is 37.4. The van der Waals surface area contributed by atoms with Crippen LogP contribution in [-0.2, 0) is 4.74 Å². The van der Waals surface area contributed by atoms with E-state index < -0.39 is 0 Å². The molecule has 2 heteroatoms. The van der Waals surface area contributed by atoms with E-state index in [1.807, 2.05) is 0 Å². The van der Waals surface area contributed by atoms with E-state index in [1.165, 1.54) is 64.2 Å². The van der Waals surface area contributed by atoms with Crippen molar-refractivity contribution in [1.82, 2.24) is 0 Å². The van der Waals surface area contributed by atoms with Crippen molar-refractivity contribution in [3.63, 3.8) is 0 Å². The molecule has 3 aliphatic carbocycles. The molecular formula is C18H32O2. The van der Waals surface area contributed by atoms with Crippen LogP contribution in [0.15, 0.2) is 0 Å². The highest BCUT2D eigenvalue weighted by Crippen LogP contribution is 2.53. The number of ether oxygens (including phenoxy) is 1. The molecule has 1 spiro atoms. The molecule has 2 atom stereocenters. The van der Waals surface area contributed by atoms with E-state index in [9.17, 15) is 5.11 Å². The average Bonchev–Trinajstić information content (AvgIpc) is 2.68. The Bertz CT molecular complexity index is 318. The van der Waals surface area contributed by atoms with Crippen LogP contribution in [0.1, 0.15) is 84.5 Å². The second-order valence-electron chi connectivity index (χ2n) is 8.39. The summed E-state index contributed by atoms with van der Waals surface area (Å²) < 4.78 is 6.48. The molecule has 3 rings (SSSR count). The summed E-state index contributed by atoms with van der Waals surface area (Å²) >= 11 is 0. The number of hydrogen-bond acceptors (Lipinski definition) is 2. The van der Waals surface area contributed by atoms with Crippen LogP contribution in [-0.4, -0.2) is 23.4 Å². The summed E-state index contributed by atoms with van der Waals surface area (Å²) in [5.41, 5.74) is 0.641. The summed E-state index contributed by atoms with van der Waals surface area (Å²) in [6.45, 7) is 4.76. The lowest BCUT2D eigenvalue weighted by atomic mass is 9.59. The molecule has 0 aromatic carbocycles. The average molecular weight is 280 g/mol. The van der Waals surface area contributed by atoms with E-state index >= 15 is 0 Å². The molecule has 1 N–H and O–H groups in total. The molecule has 20 heavy (non-hydrogen) atoms. The molecule has 0 aromatic heterocycles. The third-order valence-corrected chi connectivity index (χ3v) is 6.42. The third kappa shape index (κ3) is 2.78. The fourth-order valence-electron chi connectivity index (χ4n) is 4.70. The predicted molar refractivity (Wildman–Crippen MR) is 81.7 cm³/mol. The van der Waals surface area contributed by atoms with Gasteiger partial charge in [0.2, 0.25) is 0 Å². The van der Waals surface area contributed by atoms with Crippen molar-refractivity contribution < 1.29 is 9.84 Å². The van der Waals surface area contributed by atoms with Crippen LogP contribution < -0.4 is 0 Å². The molecule has 0 amide bonds. The number of aliphatic hydroxyl groups excluding tert-OH is 1. The lowest BCUT2D eigenvalue weighted by molar-refractivity contribution is -0.221. The van der Waals surface area contributed by atoms with Gasteiger partial charge in [0, 0.05) is 11.8 Å². The molecule has 0 heterocycles. The predicted octanol–water partition coefficient (Wildman–Crippen LogP) is 4.45. The Morgan fingerprint density at radius 3 is 2.05 bits per heavy atom. The first-order chi connectivity index (χ1) is 9.52. The lowest BCUT2D eigenvalue weighted by Crippen LogP contribution is -2.59. The van der Waals surface area contributed by atoms with Gasteiger partial charge in [-0.3, -0.25) is 0 Å². The van der Waals surface area contributed by atoms with Crippen molar-refractivity contribution in [3.8, 4) is 0 Å². The summed E-state index contributed by atoms with van der Waals surface area (Å²) in [7, 11) is 0. The largest absolute Gasteiger partial charge is 0.392 e. The van der Waals surface area contributed by atoms with Crippen LogP contribution in [0, 0.1) is 10.8 Å². The van der Waals surface area contributed by atoms with Crippen molar-refractivity contribution in [3.05, 3.63) is 0 Å². The van der Waals surface area contributed by atoms with Gasteiger partial charge in [0.15, 0.2) is 0 Å². The van der Waals surface area contributed by atoms with Gasteiger partial charge in [-0.1, -0.05) is 39.5 Å². The molecule has 0 saturated heterocycles. The zero-order chi connectivity index (χ0) is 14.2. The van der Waals surface area contributed by atoms with Crippen molar-refractivity contribution >= 4 is 0 Å². The quantitative estimate of drug-likeness (QED) is 0.810. The van der Waals surface area contributed by atoms with Crippen LogP contribution in [0.3, 0.4) is 0 Å². The van der Waals surface area contributed by atoms with E-state index in [4.69, 9.17) is 4.74 Å². The molecule has 0 aliphatic heterocycles. The van der Waals surface area contributed by atoms with Gasteiger partial charge in [-0.05, 0) is 43.9 Å².